The minimum atomic E-state index is -0.997. The third kappa shape index (κ3) is 4.95. The van der Waals surface area contributed by atoms with Gasteiger partial charge in [-0.15, -0.1) is 0 Å². The Hall–Kier alpha value is -2.10. The van der Waals surface area contributed by atoms with Gasteiger partial charge in [0, 0.05) is 17.7 Å². The molecule has 1 aromatic carbocycles. The van der Waals surface area contributed by atoms with E-state index in [-0.39, 0.29) is 17.7 Å². The molecule has 1 amide bonds. The smallest absolute Gasteiger partial charge is 0.328 e. The lowest BCUT2D eigenvalue weighted by molar-refractivity contribution is -0.131. The summed E-state index contributed by atoms with van der Waals surface area (Å²) in [5.74, 6) is -0.828. The summed E-state index contributed by atoms with van der Waals surface area (Å²) >= 11 is 0. The number of amides is 1. The van der Waals surface area contributed by atoms with Gasteiger partial charge in [0.25, 0.3) is 0 Å². The lowest BCUT2D eigenvalue weighted by Gasteiger charge is -2.15. The van der Waals surface area contributed by atoms with E-state index in [2.05, 4.69) is 5.32 Å². The summed E-state index contributed by atoms with van der Waals surface area (Å²) in [7, 11) is 0. The van der Waals surface area contributed by atoms with Gasteiger partial charge < -0.3 is 10.4 Å². The molecule has 0 spiro atoms. The maximum absolute atomic E-state index is 11.9. The maximum atomic E-state index is 11.9. The van der Waals surface area contributed by atoms with Gasteiger partial charge in [-0.1, -0.05) is 32.9 Å². The zero-order chi connectivity index (χ0) is 14.4. The Kier molecular flexibility index (Phi) is 5.30. The van der Waals surface area contributed by atoms with Gasteiger partial charge in [0.2, 0.25) is 5.91 Å². The maximum Gasteiger partial charge on any atom is 0.328 e. The van der Waals surface area contributed by atoms with Crippen LogP contribution < -0.4 is 5.32 Å². The normalized spacial score (nSPS) is 12.6. The van der Waals surface area contributed by atoms with Crippen molar-refractivity contribution in [3.05, 3.63) is 35.9 Å². The van der Waals surface area contributed by atoms with Crippen LogP contribution >= 0.6 is 0 Å². The van der Waals surface area contributed by atoms with Gasteiger partial charge in [0.15, 0.2) is 0 Å². The Balaban J connectivity index is 2.77. The van der Waals surface area contributed by atoms with Crippen molar-refractivity contribution in [2.45, 2.75) is 20.8 Å². The van der Waals surface area contributed by atoms with Crippen LogP contribution in [0.3, 0.4) is 0 Å². The number of carbonyl (C=O) groups is 2. The van der Waals surface area contributed by atoms with E-state index in [9.17, 15) is 9.59 Å². The minimum absolute atomic E-state index is 0.0330. The average Bonchev–Trinajstić information content (AvgIpc) is 2.35. The molecule has 1 rings (SSSR count). The van der Waals surface area contributed by atoms with Gasteiger partial charge in [0.1, 0.15) is 0 Å². The van der Waals surface area contributed by atoms with Crippen LogP contribution in [0.5, 0.6) is 0 Å². The molecule has 0 aliphatic rings. The zero-order valence-electron chi connectivity index (χ0n) is 11.4. The quantitative estimate of drug-likeness (QED) is 0.801. The van der Waals surface area contributed by atoms with Crippen molar-refractivity contribution >= 4 is 23.6 Å². The Morgan fingerprint density at radius 1 is 1.26 bits per heavy atom. The Morgan fingerprint density at radius 2 is 1.95 bits per heavy atom. The van der Waals surface area contributed by atoms with Crippen LogP contribution in [0, 0.1) is 11.8 Å². The highest BCUT2D eigenvalue weighted by Crippen LogP contribution is 2.16. The Bertz CT molecular complexity index is 492. The van der Waals surface area contributed by atoms with Gasteiger partial charge in [-0.05, 0) is 29.7 Å². The van der Waals surface area contributed by atoms with Crippen LogP contribution in [-0.4, -0.2) is 17.0 Å². The molecule has 0 radical (unpaired) electrons. The van der Waals surface area contributed by atoms with E-state index < -0.39 is 5.97 Å². The molecule has 0 aliphatic carbocycles. The highest BCUT2D eigenvalue weighted by molar-refractivity contribution is 5.93. The predicted molar refractivity (Wildman–Crippen MR) is 75.7 cm³/mol. The average molecular weight is 261 g/mol. The summed E-state index contributed by atoms with van der Waals surface area (Å²) in [6.07, 6.45) is 2.56. The largest absolute Gasteiger partial charge is 0.478 e. The zero-order valence-corrected chi connectivity index (χ0v) is 11.4. The van der Waals surface area contributed by atoms with Crippen molar-refractivity contribution in [2.75, 3.05) is 5.32 Å². The van der Waals surface area contributed by atoms with Crippen LogP contribution in [-0.2, 0) is 9.59 Å². The molecule has 1 aromatic rings. The molecule has 0 saturated heterocycles. The van der Waals surface area contributed by atoms with E-state index in [1.807, 2.05) is 20.8 Å². The summed E-state index contributed by atoms with van der Waals surface area (Å²) in [4.78, 5) is 22.4. The molecule has 0 aliphatic heterocycles. The second-order valence-electron chi connectivity index (χ2n) is 4.82. The number of benzene rings is 1. The number of carbonyl (C=O) groups excluding carboxylic acids is 1. The molecule has 0 fully saturated rings. The van der Waals surface area contributed by atoms with Crippen LogP contribution in [0.4, 0.5) is 5.69 Å². The monoisotopic (exact) mass is 261 g/mol. The van der Waals surface area contributed by atoms with Crippen LogP contribution in [0.15, 0.2) is 30.3 Å². The van der Waals surface area contributed by atoms with E-state index >= 15 is 0 Å². The predicted octanol–water partition coefficient (Wildman–Crippen LogP) is 3.02. The lowest BCUT2D eigenvalue weighted by atomic mass is 9.97. The molecule has 4 nitrogen and oxygen atoms in total. The van der Waals surface area contributed by atoms with Gasteiger partial charge in [-0.2, -0.15) is 0 Å². The van der Waals surface area contributed by atoms with Crippen LogP contribution in [0.2, 0.25) is 0 Å². The number of nitrogens with one attached hydrogen (secondary N) is 1. The molecular weight excluding hydrogens is 242 g/mol. The number of hydrogen-bond donors (Lipinski definition) is 2. The molecule has 1 unspecified atom stereocenters. The molecule has 2 N–H and O–H groups in total. The second kappa shape index (κ2) is 6.73. The van der Waals surface area contributed by atoms with Crippen molar-refractivity contribution in [1.29, 1.82) is 0 Å². The fourth-order valence-corrected chi connectivity index (χ4v) is 1.45. The Labute approximate surface area is 113 Å². The molecule has 1 atom stereocenters. The second-order valence-corrected chi connectivity index (χ2v) is 4.82. The summed E-state index contributed by atoms with van der Waals surface area (Å²) in [5.41, 5.74) is 1.41. The minimum Gasteiger partial charge on any atom is -0.478 e. The summed E-state index contributed by atoms with van der Waals surface area (Å²) in [5, 5.41) is 11.4. The first-order valence-corrected chi connectivity index (χ1v) is 6.22. The molecule has 0 saturated carbocycles. The molecule has 0 aromatic heterocycles. The van der Waals surface area contributed by atoms with Crippen molar-refractivity contribution in [2.24, 2.45) is 11.8 Å². The Morgan fingerprint density at radius 3 is 2.53 bits per heavy atom. The standard InChI is InChI=1S/C15H19NO3/c1-10(2)11(3)15(19)16-13-6-4-5-12(9-13)7-8-14(17)18/h4-11H,1-3H3,(H,16,19)(H,17,18)/b8-7+. The number of carboxylic acid groups (broad SMARTS) is 1. The highest BCUT2D eigenvalue weighted by atomic mass is 16.4. The molecule has 19 heavy (non-hydrogen) atoms. The molecule has 0 heterocycles. The van der Waals surface area contributed by atoms with Crippen molar-refractivity contribution in [3.8, 4) is 0 Å². The van der Waals surface area contributed by atoms with Gasteiger partial charge in [0.05, 0.1) is 0 Å². The van der Waals surface area contributed by atoms with E-state index in [1.165, 1.54) is 6.08 Å². The number of rotatable bonds is 5. The van der Waals surface area contributed by atoms with Crippen LogP contribution in [0.25, 0.3) is 6.08 Å². The number of anilines is 1. The topological polar surface area (TPSA) is 66.4 Å². The SMILES string of the molecule is CC(C)C(C)C(=O)Nc1cccc(/C=C/C(=O)O)c1. The van der Waals surface area contributed by atoms with E-state index in [0.717, 1.165) is 11.6 Å². The number of hydrogen-bond acceptors (Lipinski definition) is 2. The molecule has 4 heteroatoms. The van der Waals surface area contributed by atoms with Crippen LogP contribution in [0.1, 0.15) is 26.3 Å². The summed E-state index contributed by atoms with van der Waals surface area (Å²) in [6.45, 7) is 5.88. The first kappa shape index (κ1) is 15.0. The van der Waals surface area contributed by atoms with Crippen molar-refractivity contribution < 1.29 is 14.7 Å². The summed E-state index contributed by atoms with van der Waals surface area (Å²) < 4.78 is 0. The molecule has 0 bridgehead atoms. The number of carboxylic acids is 1. The third-order valence-corrected chi connectivity index (χ3v) is 2.99. The fourth-order valence-electron chi connectivity index (χ4n) is 1.45. The number of aliphatic carboxylic acids is 1. The van der Waals surface area contributed by atoms with Gasteiger partial charge >= 0.3 is 5.97 Å². The first-order chi connectivity index (χ1) is 8.90. The molecular formula is C15H19NO3. The first-order valence-electron chi connectivity index (χ1n) is 6.22. The van der Waals surface area contributed by atoms with E-state index in [0.29, 0.717) is 5.69 Å². The summed E-state index contributed by atoms with van der Waals surface area (Å²) in [6, 6.07) is 7.07. The van der Waals surface area contributed by atoms with E-state index in [1.54, 1.807) is 24.3 Å². The fraction of sp³-hybridized carbons (Fsp3) is 0.333. The van der Waals surface area contributed by atoms with E-state index in [4.69, 9.17) is 5.11 Å². The van der Waals surface area contributed by atoms with Crippen molar-refractivity contribution in [3.63, 3.8) is 0 Å². The molecule has 102 valence electrons. The van der Waals surface area contributed by atoms with Crippen molar-refractivity contribution in [1.82, 2.24) is 0 Å². The third-order valence-electron chi connectivity index (χ3n) is 2.99. The highest BCUT2D eigenvalue weighted by Gasteiger charge is 2.16. The lowest BCUT2D eigenvalue weighted by Crippen LogP contribution is -2.24. The van der Waals surface area contributed by atoms with Gasteiger partial charge in [-0.25, -0.2) is 4.79 Å². The van der Waals surface area contributed by atoms with Gasteiger partial charge in [-0.3, -0.25) is 4.79 Å².